The van der Waals surface area contributed by atoms with E-state index in [0.29, 0.717) is 24.8 Å². The Kier molecular flexibility index (Phi) is 4.37. The number of rotatable bonds is 4. The molecule has 1 aliphatic heterocycles. The molecule has 1 N–H and O–H groups in total. The molecule has 0 amide bonds. The van der Waals surface area contributed by atoms with Gasteiger partial charge in [0.05, 0.1) is 17.9 Å². The molecular formula is C14H18FNO3. The first-order valence-corrected chi connectivity index (χ1v) is 6.39. The van der Waals surface area contributed by atoms with Crippen molar-refractivity contribution in [3.8, 4) is 0 Å². The average Bonchev–Trinajstić information content (AvgIpc) is 2.39. The fourth-order valence-corrected chi connectivity index (χ4v) is 2.39. The zero-order valence-corrected chi connectivity index (χ0v) is 10.9. The highest BCUT2D eigenvalue weighted by atomic mass is 19.1. The van der Waals surface area contributed by atoms with E-state index in [1.165, 1.54) is 12.1 Å². The van der Waals surface area contributed by atoms with Crippen LogP contribution >= 0.6 is 0 Å². The monoisotopic (exact) mass is 267 g/mol. The van der Waals surface area contributed by atoms with Gasteiger partial charge in [-0.25, -0.2) is 9.18 Å². The summed E-state index contributed by atoms with van der Waals surface area (Å²) >= 11 is 0. The summed E-state index contributed by atoms with van der Waals surface area (Å²) in [5.74, 6) is -1.22. The summed E-state index contributed by atoms with van der Waals surface area (Å²) < 4.78 is 19.3. The van der Waals surface area contributed by atoms with Crippen LogP contribution in [0.25, 0.3) is 0 Å². The standard InChI is InChI=1S/C14H18FNO3/c1-16(8-10-3-2-6-19-9-10)13-5-4-11(14(17)18)7-12(13)15/h4-5,7,10H,2-3,6,8-9H2,1H3,(H,17,18). The Morgan fingerprint density at radius 2 is 2.37 bits per heavy atom. The normalized spacial score (nSPS) is 19.2. The molecule has 1 aromatic carbocycles. The summed E-state index contributed by atoms with van der Waals surface area (Å²) in [7, 11) is 1.81. The maximum absolute atomic E-state index is 13.9. The van der Waals surface area contributed by atoms with E-state index in [4.69, 9.17) is 9.84 Å². The lowest BCUT2D eigenvalue weighted by Crippen LogP contribution is -2.31. The van der Waals surface area contributed by atoms with Crippen LogP contribution in [0.2, 0.25) is 0 Å². The average molecular weight is 267 g/mol. The number of carboxylic acids is 1. The molecule has 1 heterocycles. The smallest absolute Gasteiger partial charge is 0.335 e. The third-order valence-electron chi connectivity index (χ3n) is 3.39. The Bertz CT molecular complexity index is 458. The zero-order chi connectivity index (χ0) is 13.8. The van der Waals surface area contributed by atoms with Crippen molar-refractivity contribution in [3.63, 3.8) is 0 Å². The molecule has 0 aliphatic carbocycles. The second-order valence-electron chi connectivity index (χ2n) is 4.94. The van der Waals surface area contributed by atoms with Gasteiger partial charge in [0.15, 0.2) is 0 Å². The van der Waals surface area contributed by atoms with E-state index in [0.717, 1.165) is 25.5 Å². The van der Waals surface area contributed by atoms with Crippen LogP contribution in [0.5, 0.6) is 0 Å². The predicted molar refractivity (Wildman–Crippen MR) is 70.2 cm³/mol. The minimum Gasteiger partial charge on any atom is -0.478 e. The van der Waals surface area contributed by atoms with Gasteiger partial charge in [-0.15, -0.1) is 0 Å². The molecule has 1 fully saturated rings. The summed E-state index contributed by atoms with van der Waals surface area (Å²) in [5, 5.41) is 8.80. The molecule has 1 aliphatic rings. The second kappa shape index (κ2) is 6.02. The molecule has 19 heavy (non-hydrogen) atoms. The maximum atomic E-state index is 13.9. The van der Waals surface area contributed by atoms with Crippen molar-refractivity contribution in [1.29, 1.82) is 0 Å². The third kappa shape index (κ3) is 3.44. The van der Waals surface area contributed by atoms with Gasteiger partial charge in [0.25, 0.3) is 0 Å². The third-order valence-corrected chi connectivity index (χ3v) is 3.39. The van der Waals surface area contributed by atoms with Crippen molar-refractivity contribution in [2.75, 3.05) is 31.7 Å². The summed E-state index contributed by atoms with van der Waals surface area (Å²) in [6.07, 6.45) is 2.12. The molecule has 1 aromatic rings. The topological polar surface area (TPSA) is 49.8 Å². The van der Waals surface area contributed by atoms with Crippen LogP contribution in [-0.4, -0.2) is 37.9 Å². The molecule has 2 rings (SSSR count). The highest BCUT2D eigenvalue weighted by molar-refractivity contribution is 5.88. The number of halogens is 1. The van der Waals surface area contributed by atoms with Crippen molar-refractivity contribution in [2.24, 2.45) is 5.92 Å². The van der Waals surface area contributed by atoms with E-state index in [1.807, 2.05) is 11.9 Å². The van der Waals surface area contributed by atoms with Gasteiger partial charge in [0, 0.05) is 20.2 Å². The first-order valence-electron chi connectivity index (χ1n) is 6.39. The van der Waals surface area contributed by atoms with Gasteiger partial charge >= 0.3 is 5.97 Å². The Morgan fingerprint density at radius 3 is 2.95 bits per heavy atom. The minimum atomic E-state index is -1.12. The van der Waals surface area contributed by atoms with E-state index >= 15 is 0 Å². The van der Waals surface area contributed by atoms with Crippen molar-refractivity contribution < 1.29 is 19.0 Å². The van der Waals surface area contributed by atoms with Crippen molar-refractivity contribution in [2.45, 2.75) is 12.8 Å². The number of anilines is 1. The van der Waals surface area contributed by atoms with Gasteiger partial charge in [0.2, 0.25) is 0 Å². The molecule has 1 saturated heterocycles. The van der Waals surface area contributed by atoms with Gasteiger partial charge in [0.1, 0.15) is 5.82 Å². The molecule has 0 radical (unpaired) electrons. The number of carbonyl (C=O) groups is 1. The summed E-state index contributed by atoms with van der Waals surface area (Å²) in [5.41, 5.74) is 0.395. The number of benzene rings is 1. The largest absolute Gasteiger partial charge is 0.478 e. The van der Waals surface area contributed by atoms with Crippen molar-refractivity contribution >= 4 is 11.7 Å². The van der Waals surface area contributed by atoms with Crippen LogP contribution in [0, 0.1) is 11.7 Å². The minimum absolute atomic E-state index is 0.0318. The van der Waals surface area contributed by atoms with E-state index < -0.39 is 11.8 Å². The Labute approximate surface area is 111 Å². The molecule has 5 heteroatoms. The summed E-state index contributed by atoms with van der Waals surface area (Å²) in [6, 6.07) is 4.00. The maximum Gasteiger partial charge on any atom is 0.335 e. The van der Waals surface area contributed by atoms with Crippen LogP contribution < -0.4 is 4.90 Å². The molecule has 1 unspecified atom stereocenters. The Balaban J connectivity index is 2.05. The fourth-order valence-electron chi connectivity index (χ4n) is 2.39. The molecular weight excluding hydrogens is 249 g/mol. The zero-order valence-electron chi connectivity index (χ0n) is 10.9. The Hall–Kier alpha value is -1.62. The molecule has 4 nitrogen and oxygen atoms in total. The summed E-state index contributed by atoms with van der Waals surface area (Å²) in [6.45, 7) is 2.23. The number of aromatic carboxylic acids is 1. The highest BCUT2D eigenvalue weighted by Crippen LogP contribution is 2.22. The van der Waals surface area contributed by atoms with E-state index in [-0.39, 0.29) is 5.56 Å². The SMILES string of the molecule is CN(CC1CCCOC1)c1ccc(C(=O)O)cc1F. The highest BCUT2D eigenvalue weighted by Gasteiger charge is 2.18. The van der Waals surface area contributed by atoms with Crippen LogP contribution in [0.15, 0.2) is 18.2 Å². The first-order chi connectivity index (χ1) is 9.08. The van der Waals surface area contributed by atoms with E-state index in [1.54, 1.807) is 0 Å². The van der Waals surface area contributed by atoms with E-state index in [9.17, 15) is 9.18 Å². The van der Waals surface area contributed by atoms with Gasteiger partial charge in [-0.05, 0) is 37.0 Å². The molecule has 0 spiro atoms. The quantitative estimate of drug-likeness (QED) is 0.910. The van der Waals surface area contributed by atoms with Crippen LogP contribution in [0.1, 0.15) is 23.2 Å². The summed E-state index contributed by atoms with van der Waals surface area (Å²) in [4.78, 5) is 12.6. The van der Waals surface area contributed by atoms with Gasteiger partial charge in [-0.1, -0.05) is 0 Å². The number of hydrogen-bond donors (Lipinski definition) is 1. The van der Waals surface area contributed by atoms with Crippen LogP contribution in [0.4, 0.5) is 10.1 Å². The lowest BCUT2D eigenvalue weighted by atomic mass is 10.0. The van der Waals surface area contributed by atoms with Crippen molar-refractivity contribution in [3.05, 3.63) is 29.6 Å². The number of carboxylic acid groups (broad SMARTS) is 1. The second-order valence-corrected chi connectivity index (χ2v) is 4.94. The van der Waals surface area contributed by atoms with Gasteiger partial charge in [-0.2, -0.15) is 0 Å². The Morgan fingerprint density at radius 1 is 1.58 bits per heavy atom. The van der Waals surface area contributed by atoms with Gasteiger partial charge < -0.3 is 14.7 Å². The molecule has 0 saturated carbocycles. The molecule has 1 atom stereocenters. The molecule has 104 valence electrons. The number of nitrogens with zero attached hydrogens (tertiary/aromatic N) is 1. The van der Waals surface area contributed by atoms with Gasteiger partial charge in [-0.3, -0.25) is 0 Å². The van der Waals surface area contributed by atoms with Crippen LogP contribution in [-0.2, 0) is 4.74 Å². The van der Waals surface area contributed by atoms with Crippen LogP contribution in [0.3, 0.4) is 0 Å². The molecule has 0 bridgehead atoms. The van der Waals surface area contributed by atoms with Crippen molar-refractivity contribution in [1.82, 2.24) is 0 Å². The lowest BCUT2D eigenvalue weighted by Gasteiger charge is -2.28. The molecule has 0 aromatic heterocycles. The lowest BCUT2D eigenvalue weighted by molar-refractivity contribution is 0.0576. The first kappa shape index (κ1) is 13.8. The van der Waals surface area contributed by atoms with E-state index in [2.05, 4.69) is 0 Å². The fraction of sp³-hybridized carbons (Fsp3) is 0.500. The number of ether oxygens (including phenoxy) is 1. The number of hydrogen-bond acceptors (Lipinski definition) is 3. The predicted octanol–water partition coefficient (Wildman–Crippen LogP) is 2.39.